The van der Waals surface area contributed by atoms with E-state index in [4.69, 9.17) is 9.47 Å². The third-order valence-electron chi connectivity index (χ3n) is 7.82. The summed E-state index contributed by atoms with van der Waals surface area (Å²) in [6.45, 7) is 3.35. The molecule has 2 amide bonds. The Morgan fingerprint density at radius 3 is 2.09 bits per heavy atom. The molecule has 0 spiro atoms. The van der Waals surface area contributed by atoms with Crippen molar-refractivity contribution in [3.05, 3.63) is 119 Å². The molecule has 4 aromatic rings. The second-order valence-electron chi connectivity index (χ2n) is 11.0. The number of nitrogens with one attached hydrogen (secondary N) is 1. The minimum Gasteiger partial charge on any atom is -0.497 e. The van der Waals surface area contributed by atoms with Gasteiger partial charge in [-0.25, -0.2) is 8.42 Å². The van der Waals surface area contributed by atoms with E-state index < -0.39 is 28.5 Å². The number of halogens is 1. The fourth-order valence-electron chi connectivity index (χ4n) is 5.01. The Labute approximate surface area is 285 Å². The van der Waals surface area contributed by atoms with Crippen LogP contribution in [0, 0.1) is 0 Å². The molecular weight excluding hydrogens is 682 g/mol. The molecule has 0 radical (unpaired) electrons. The standard InChI is InChI=1S/C36H40BrN3O6S/c1-5-26(2)38-36(42)33(23-27-11-7-6-8-12-27)39(24-28-15-17-29(37)18-16-28)35(41)25-40(32-13-9-10-14-34(32)46-4)47(43,44)31-21-19-30(45-3)20-22-31/h6-22,26,33H,5,23-25H2,1-4H3,(H,38,42)/t26-,33-/m0/s1. The number of carbonyl (C=O) groups excluding carboxylic acids is 2. The Kier molecular flexibility index (Phi) is 12.4. The molecule has 0 heterocycles. The molecule has 248 valence electrons. The molecular formula is C36H40BrN3O6S. The zero-order chi connectivity index (χ0) is 34.0. The predicted molar refractivity (Wildman–Crippen MR) is 187 cm³/mol. The van der Waals surface area contributed by atoms with E-state index >= 15 is 0 Å². The highest BCUT2D eigenvalue weighted by Crippen LogP contribution is 2.33. The Balaban J connectivity index is 1.83. The van der Waals surface area contributed by atoms with Gasteiger partial charge in [-0.3, -0.25) is 13.9 Å². The Morgan fingerprint density at radius 2 is 1.47 bits per heavy atom. The molecule has 9 nitrogen and oxygen atoms in total. The number of hydrogen-bond donors (Lipinski definition) is 1. The highest BCUT2D eigenvalue weighted by molar-refractivity contribution is 9.10. The van der Waals surface area contributed by atoms with Crippen LogP contribution >= 0.6 is 15.9 Å². The van der Waals surface area contributed by atoms with Crippen LogP contribution in [0.2, 0.25) is 0 Å². The first-order valence-electron chi connectivity index (χ1n) is 15.2. The van der Waals surface area contributed by atoms with Crippen molar-refractivity contribution >= 4 is 43.5 Å². The van der Waals surface area contributed by atoms with Gasteiger partial charge in [0.25, 0.3) is 10.0 Å². The molecule has 0 fully saturated rings. The fourth-order valence-corrected chi connectivity index (χ4v) is 6.69. The molecule has 4 aromatic carbocycles. The van der Waals surface area contributed by atoms with Gasteiger partial charge in [0.05, 0.1) is 24.8 Å². The lowest BCUT2D eigenvalue weighted by Crippen LogP contribution is -2.54. The number of amides is 2. The summed E-state index contributed by atoms with van der Waals surface area (Å²) in [7, 11) is -1.37. The van der Waals surface area contributed by atoms with Crippen LogP contribution in [0.1, 0.15) is 31.4 Å². The van der Waals surface area contributed by atoms with Gasteiger partial charge < -0.3 is 19.7 Å². The summed E-state index contributed by atoms with van der Waals surface area (Å²) in [5.41, 5.74) is 1.82. The van der Waals surface area contributed by atoms with E-state index in [1.165, 1.54) is 31.3 Å². The number of methoxy groups -OCH3 is 2. The molecule has 0 aliphatic heterocycles. The number of nitrogens with zero attached hydrogens (tertiary/aromatic N) is 2. The quantitative estimate of drug-likeness (QED) is 0.156. The SMILES string of the molecule is CC[C@H](C)NC(=O)[C@H](Cc1ccccc1)N(Cc1ccc(Br)cc1)C(=O)CN(c1ccccc1OC)S(=O)(=O)c1ccc(OC)cc1. The van der Waals surface area contributed by atoms with Crippen LogP contribution in [-0.2, 0) is 32.6 Å². The molecule has 2 atom stereocenters. The van der Waals surface area contributed by atoms with Crippen LogP contribution in [0.15, 0.2) is 112 Å². The first-order valence-corrected chi connectivity index (χ1v) is 17.5. The number of benzene rings is 4. The van der Waals surface area contributed by atoms with Gasteiger partial charge in [-0.1, -0.05) is 77.5 Å². The van der Waals surface area contributed by atoms with E-state index in [1.54, 1.807) is 36.4 Å². The van der Waals surface area contributed by atoms with Crippen molar-refractivity contribution in [2.75, 3.05) is 25.1 Å². The number of sulfonamides is 1. The number of hydrogen-bond acceptors (Lipinski definition) is 6. The minimum absolute atomic E-state index is 0.0354. The Hall–Kier alpha value is -4.35. The number of carbonyl (C=O) groups is 2. The van der Waals surface area contributed by atoms with Crippen molar-refractivity contribution in [1.82, 2.24) is 10.2 Å². The van der Waals surface area contributed by atoms with Gasteiger partial charge in [0.1, 0.15) is 24.1 Å². The van der Waals surface area contributed by atoms with Crippen molar-refractivity contribution in [3.8, 4) is 11.5 Å². The smallest absolute Gasteiger partial charge is 0.264 e. The lowest BCUT2D eigenvalue weighted by molar-refractivity contribution is -0.140. The Bertz CT molecular complexity index is 1740. The maximum absolute atomic E-state index is 14.6. The fraction of sp³-hybridized carbons (Fsp3) is 0.278. The van der Waals surface area contributed by atoms with Gasteiger partial charge in [0, 0.05) is 23.5 Å². The van der Waals surface area contributed by atoms with E-state index in [2.05, 4.69) is 21.2 Å². The summed E-state index contributed by atoms with van der Waals surface area (Å²) in [4.78, 5) is 30.0. The first-order chi connectivity index (χ1) is 22.6. The molecule has 0 aliphatic carbocycles. The van der Waals surface area contributed by atoms with Gasteiger partial charge in [-0.2, -0.15) is 0 Å². The average Bonchev–Trinajstić information content (AvgIpc) is 3.09. The summed E-state index contributed by atoms with van der Waals surface area (Å²) in [5.74, 6) is -0.125. The van der Waals surface area contributed by atoms with Gasteiger partial charge in [0.2, 0.25) is 11.8 Å². The van der Waals surface area contributed by atoms with Gasteiger partial charge >= 0.3 is 0 Å². The van der Waals surface area contributed by atoms with Crippen molar-refractivity contribution in [2.24, 2.45) is 0 Å². The number of ether oxygens (including phenoxy) is 2. The maximum atomic E-state index is 14.6. The van der Waals surface area contributed by atoms with Gasteiger partial charge in [-0.05, 0) is 73.0 Å². The van der Waals surface area contributed by atoms with Crippen LogP contribution in [0.25, 0.3) is 0 Å². The third kappa shape index (κ3) is 9.14. The van der Waals surface area contributed by atoms with E-state index in [0.29, 0.717) is 12.2 Å². The summed E-state index contributed by atoms with van der Waals surface area (Å²) in [6, 6.07) is 28.4. The van der Waals surface area contributed by atoms with Gasteiger partial charge in [-0.15, -0.1) is 0 Å². The molecule has 47 heavy (non-hydrogen) atoms. The van der Waals surface area contributed by atoms with E-state index in [1.807, 2.05) is 68.4 Å². The summed E-state index contributed by atoms with van der Waals surface area (Å²) >= 11 is 3.46. The minimum atomic E-state index is -4.30. The number of anilines is 1. The molecule has 0 bridgehead atoms. The average molecular weight is 723 g/mol. The molecule has 0 aliphatic rings. The van der Waals surface area contributed by atoms with Crippen LogP contribution in [0.3, 0.4) is 0 Å². The second kappa shape index (κ2) is 16.5. The van der Waals surface area contributed by atoms with E-state index in [0.717, 1.165) is 19.9 Å². The maximum Gasteiger partial charge on any atom is 0.264 e. The van der Waals surface area contributed by atoms with Crippen molar-refractivity contribution < 1.29 is 27.5 Å². The van der Waals surface area contributed by atoms with Crippen LogP contribution < -0.4 is 19.1 Å². The Morgan fingerprint density at radius 1 is 0.830 bits per heavy atom. The lowest BCUT2D eigenvalue weighted by atomic mass is 10.0. The van der Waals surface area contributed by atoms with Gasteiger partial charge in [0.15, 0.2) is 0 Å². The normalized spacial score (nSPS) is 12.4. The van der Waals surface area contributed by atoms with Crippen molar-refractivity contribution in [3.63, 3.8) is 0 Å². The predicted octanol–water partition coefficient (Wildman–Crippen LogP) is 6.22. The highest BCUT2D eigenvalue weighted by Gasteiger charge is 2.35. The van der Waals surface area contributed by atoms with E-state index in [-0.39, 0.29) is 41.2 Å². The second-order valence-corrected chi connectivity index (χ2v) is 13.8. The summed E-state index contributed by atoms with van der Waals surface area (Å²) in [5, 5.41) is 3.05. The molecule has 0 unspecified atom stereocenters. The zero-order valence-corrected chi connectivity index (χ0v) is 29.3. The monoisotopic (exact) mass is 721 g/mol. The molecule has 11 heteroatoms. The van der Waals surface area contributed by atoms with E-state index in [9.17, 15) is 18.0 Å². The lowest BCUT2D eigenvalue weighted by Gasteiger charge is -2.34. The van der Waals surface area contributed by atoms with Crippen LogP contribution in [0.5, 0.6) is 11.5 Å². The van der Waals surface area contributed by atoms with Crippen LogP contribution in [-0.4, -0.2) is 58.0 Å². The van der Waals surface area contributed by atoms with Crippen molar-refractivity contribution in [1.29, 1.82) is 0 Å². The topological polar surface area (TPSA) is 105 Å². The molecule has 0 saturated carbocycles. The summed E-state index contributed by atoms with van der Waals surface area (Å²) < 4.78 is 41.3. The molecule has 4 rings (SSSR count). The highest BCUT2D eigenvalue weighted by atomic mass is 79.9. The molecule has 1 N–H and O–H groups in total. The van der Waals surface area contributed by atoms with Crippen LogP contribution in [0.4, 0.5) is 5.69 Å². The third-order valence-corrected chi connectivity index (χ3v) is 10.1. The zero-order valence-electron chi connectivity index (χ0n) is 26.9. The first kappa shape index (κ1) is 35.5. The molecule has 0 saturated heterocycles. The van der Waals surface area contributed by atoms with Crippen molar-refractivity contribution in [2.45, 2.75) is 50.2 Å². The molecule has 0 aromatic heterocycles. The number of rotatable bonds is 15. The number of para-hydroxylation sites is 2. The summed E-state index contributed by atoms with van der Waals surface area (Å²) in [6.07, 6.45) is 0.928. The largest absolute Gasteiger partial charge is 0.497 e.